The molecule has 0 aliphatic carbocycles. The highest BCUT2D eigenvalue weighted by atomic mass is 32.2. The van der Waals surface area contributed by atoms with E-state index in [0.717, 1.165) is 17.3 Å². The van der Waals surface area contributed by atoms with E-state index in [1.54, 1.807) is 30.3 Å². The van der Waals surface area contributed by atoms with E-state index in [1.165, 1.54) is 17.0 Å². The number of carboxylic acids is 1. The molecule has 0 saturated carbocycles. The third kappa shape index (κ3) is 4.54. The van der Waals surface area contributed by atoms with Gasteiger partial charge in [-0.25, -0.2) is 4.79 Å². The number of fused-ring (bicyclic) bond motifs is 1. The van der Waals surface area contributed by atoms with E-state index in [9.17, 15) is 19.5 Å². The molecule has 1 fully saturated rings. The fourth-order valence-corrected chi connectivity index (χ4v) is 4.36. The van der Waals surface area contributed by atoms with Crippen molar-refractivity contribution in [3.63, 3.8) is 0 Å². The topological polar surface area (TPSA) is 105 Å². The Morgan fingerprint density at radius 2 is 1.97 bits per heavy atom. The third-order valence-corrected chi connectivity index (χ3v) is 5.94. The van der Waals surface area contributed by atoms with Crippen molar-refractivity contribution in [2.24, 2.45) is 0 Å². The van der Waals surface area contributed by atoms with Gasteiger partial charge >= 0.3 is 5.97 Å². The van der Waals surface area contributed by atoms with Crippen molar-refractivity contribution in [2.75, 3.05) is 18.7 Å². The number of para-hydroxylation sites is 1. The standard InChI is InChI=1S/C21H16N2O6S2/c24-18(22-14-4-2-1-3-13(14)20(26)27)7-8-23-19(25)17(31-21(23)30)10-12-5-6-15-16(9-12)29-11-28-15/h1-6,9-10H,7-8,11H2,(H,22,24)(H,26,27). The molecule has 2 aromatic carbocycles. The molecule has 2 aromatic rings. The lowest BCUT2D eigenvalue weighted by Crippen LogP contribution is -2.31. The highest BCUT2D eigenvalue weighted by Gasteiger charge is 2.32. The van der Waals surface area contributed by atoms with Crippen LogP contribution in [0.15, 0.2) is 47.4 Å². The molecule has 31 heavy (non-hydrogen) atoms. The molecule has 158 valence electrons. The maximum atomic E-state index is 12.8. The number of thiocarbonyl (C=S) groups is 1. The van der Waals surface area contributed by atoms with Crippen LogP contribution in [-0.4, -0.2) is 45.4 Å². The van der Waals surface area contributed by atoms with Crippen molar-refractivity contribution in [3.05, 3.63) is 58.5 Å². The number of thioether (sulfide) groups is 1. The van der Waals surface area contributed by atoms with Gasteiger partial charge in [-0.3, -0.25) is 14.5 Å². The highest BCUT2D eigenvalue weighted by Crippen LogP contribution is 2.36. The van der Waals surface area contributed by atoms with Crippen molar-refractivity contribution >= 4 is 57.8 Å². The largest absolute Gasteiger partial charge is 0.478 e. The Kier molecular flexibility index (Phi) is 5.92. The minimum Gasteiger partial charge on any atom is -0.478 e. The molecule has 0 spiro atoms. The molecular weight excluding hydrogens is 440 g/mol. The zero-order valence-electron chi connectivity index (χ0n) is 16.0. The Morgan fingerprint density at radius 1 is 1.19 bits per heavy atom. The van der Waals surface area contributed by atoms with Gasteiger partial charge in [-0.1, -0.05) is 42.2 Å². The van der Waals surface area contributed by atoms with Gasteiger partial charge in [0.15, 0.2) is 11.5 Å². The summed E-state index contributed by atoms with van der Waals surface area (Å²) in [7, 11) is 0. The number of carboxylic acid groups (broad SMARTS) is 1. The van der Waals surface area contributed by atoms with E-state index < -0.39 is 11.9 Å². The second-order valence-corrected chi connectivity index (χ2v) is 8.27. The lowest BCUT2D eigenvalue weighted by molar-refractivity contribution is -0.122. The summed E-state index contributed by atoms with van der Waals surface area (Å²) in [6, 6.07) is 11.5. The van der Waals surface area contributed by atoms with Crippen LogP contribution in [0.2, 0.25) is 0 Å². The molecule has 0 atom stereocenters. The van der Waals surface area contributed by atoms with Gasteiger partial charge in [0, 0.05) is 13.0 Å². The normalized spacial score (nSPS) is 16.1. The Labute approximate surface area is 186 Å². The van der Waals surface area contributed by atoms with Crippen LogP contribution in [0.4, 0.5) is 5.69 Å². The summed E-state index contributed by atoms with van der Waals surface area (Å²) in [5.41, 5.74) is 0.967. The van der Waals surface area contributed by atoms with E-state index in [2.05, 4.69) is 5.32 Å². The molecule has 0 radical (unpaired) electrons. The van der Waals surface area contributed by atoms with Crippen LogP contribution in [0.5, 0.6) is 11.5 Å². The molecule has 1 saturated heterocycles. The predicted molar refractivity (Wildman–Crippen MR) is 119 cm³/mol. The van der Waals surface area contributed by atoms with E-state index in [4.69, 9.17) is 21.7 Å². The number of benzene rings is 2. The first-order valence-electron chi connectivity index (χ1n) is 9.19. The first-order chi connectivity index (χ1) is 14.9. The second-order valence-electron chi connectivity index (χ2n) is 6.59. The summed E-state index contributed by atoms with van der Waals surface area (Å²) >= 11 is 6.46. The number of nitrogens with one attached hydrogen (secondary N) is 1. The minimum absolute atomic E-state index is 0.00637. The number of nitrogens with zero attached hydrogens (tertiary/aromatic N) is 1. The number of ether oxygens (including phenoxy) is 2. The van der Waals surface area contributed by atoms with Gasteiger partial charge < -0.3 is 19.9 Å². The molecule has 8 nitrogen and oxygen atoms in total. The molecule has 2 amide bonds. The third-order valence-electron chi connectivity index (χ3n) is 4.56. The molecule has 2 aliphatic heterocycles. The Morgan fingerprint density at radius 3 is 2.77 bits per heavy atom. The van der Waals surface area contributed by atoms with Crippen molar-refractivity contribution in [2.45, 2.75) is 6.42 Å². The lowest BCUT2D eigenvalue weighted by Gasteiger charge is -2.14. The summed E-state index contributed by atoms with van der Waals surface area (Å²) in [6.07, 6.45) is 1.68. The Balaban J connectivity index is 1.39. The monoisotopic (exact) mass is 456 g/mol. The van der Waals surface area contributed by atoms with E-state index in [1.807, 2.05) is 6.07 Å². The molecule has 10 heteroatoms. The van der Waals surface area contributed by atoms with Gasteiger partial charge in [0.05, 0.1) is 16.2 Å². The number of anilines is 1. The highest BCUT2D eigenvalue weighted by molar-refractivity contribution is 8.26. The molecular formula is C21H16N2O6S2. The number of hydrogen-bond acceptors (Lipinski definition) is 7. The van der Waals surface area contributed by atoms with Crippen LogP contribution in [0.3, 0.4) is 0 Å². The van der Waals surface area contributed by atoms with E-state index in [-0.39, 0.29) is 36.9 Å². The number of aromatic carboxylic acids is 1. The number of carbonyl (C=O) groups is 3. The minimum atomic E-state index is -1.14. The quantitative estimate of drug-likeness (QED) is 0.504. The zero-order chi connectivity index (χ0) is 22.0. The fraction of sp³-hybridized carbons (Fsp3) is 0.143. The summed E-state index contributed by atoms with van der Waals surface area (Å²) in [6.45, 7) is 0.254. The molecule has 0 bridgehead atoms. The first-order valence-corrected chi connectivity index (χ1v) is 10.4. The number of amides is 2. The van der Waals surface area contributed by atoms with Crippen LogP contribution < -0.4 is 14.8 Å². The van der Waals surface area contributed by atoms with Crippen molar-refractivity contribution < 1.29 is 29.0 Å². The van der Waals surface area contributed by atoms with E-state index in [0.29, 0.717) is 20.7 Å². The maximum Gasteiger partial charge on any atom is 0.337 e. The lowest BCUT2D eigenvalue weighted by atomic mass is 10.1. The van der Waals surface area contributed by atoms with Crippen LogP contribution in [0, 0.1) is 0 Å². The van der Waals surface area contributed by atoms with Gasteiger partial charge in [-0.05, 0) is 35.9 Å². The second kappa shape index (κ2) is 8.78. The fourth-order valence-electron chi connectivity index (χ4n) is 3.05. The van der Waals surface area contributed by atoms with Crippen LogP contribution in [0.1, 0.15) is 22.3 Å². The number of hydrogen-bond donors (Lipinski definition) is 2. The average Bonchev–Trinajstić information content (AvgIpc) is 3.31. The Hall–Kier alpha value is -3.37. The molecule has 4 rings (SSSR count). The van der Waals surface area contributed by atoms with Crippen LogP contribution >= 0.6 is 24.0 Å². The SMILES string of the molecule is O=C(CCN1C(=O)C(=Cc2ccc3c(c2)OCO3)SC1=S)Nc1ccccc1C(=O)O. The van der Waals surface area contributed by atoms with Gasteiger partial charge in [-0.15, -0.1) is 0 Å². The van der Waals surface area contributed by atoms with Gasteiger partial charge in [0.1, 0.15) is 4.32 Å². The van der Waals surface area contributed by atoms with Crippen LogP contribution in [0.25, 0.3) is 6.08 Å². The molecule has 0 aromatic heterocycles. The summed E-state index contributed by atoms with van der Waals surface area (Å²) in [4.78, 5) is 38.1. The summed E-state index contributed by atoms with van der Waals surface area (Å²) in [5, 5.41) is 11.8. The van der Waals surface area contributed by atoms with E-state index >= 15 is 0 Å². The summed E-state index contributed by atoms with van der Waals surface area (Å²) < 4.78 is 11.0. The molecule has 0 unspecified atom stereocenters. The van der Waals surface area contributed by atoms with Crippen molar-refractivity contribution in [1.82, 2.24) is 4.90 Å². The summed E-state index contributed by atoms with van der Waals surface area (Å²) in [5.74, 6) is -0.571. The molecule has 2 heterocycles. The number of carbonyl (C=O) groups excluding carboxylic acids is 2. The Bertz CT molecular complexity index is 1130. The number of rotatable bonds is 6. The van der Waals surface area contributed by atoms with Gasteiger partial charge in [0.25, 0.3) is 5.91 Å². The zero-order valence-corrected chi connectivity index (χ0v) is 17.6. The predicted octanol–water partition coefficient (Wildman–Crippen LogP) is 3.34. The molecule has 2 N–H and O–H groups in total. The van der Waals surface area contributed by atoms with Crippen molar-refractivity contribution in [1.29, 1.82) is 0 Å². The van der Waals surface area contributed by atoms with Gasteiger partial charge in [0.2, 0.25) is 12.7 Å². The average molecular weight is 457 g/mol. The van der Waals surface area contributed by atoms with Crippen molar-refractivity contribution in [3.8, 4) is 11.5 Å². The van der Waals surface area contributed by atoms with Crippen LogP contribution in [-0.2, 0) is 9.59 Å². The first kappa shape index (κ1) is 20.9. The molecule has 2 aliphatic rings. The smallest absolute Gasteiger partial charge is 0.337 e. The maximum absolute atomic E-state index is 12.8. The van der Waals surface area contributed by atoms with Gasteiger partial charge in [-0.2, -0.15) is 0 Å².